The topological polar surface area (TPSA) is 65.6 Å². The van der Waals surface area contributed by atoms with Gasteiger partial charge in [0.15, 0.2) is 0 Å². The van der Waals surface area contributed by atoms with Gasteiger partial charge in [0.05, 0.1) is 32.1 Å². The first-order chi connectivity index (χ1) is 5.86. The molecule has 0 aliphatic rings. The van der Waals surface area contributed by atoms with Crippen LogP contribution in [-0.2, 0) is 6.54 Å². The van der Waals surface area contributed by atoms with E-state index >= 15 is 0 Å². The minimum Gasteiger partial charge on any atom is -0.468 e. The van der Waals surface area contributed by atoms with Gasteiger partial charge in [-0.2, -0.15) is 0 Å². The number of hydrogen-bond donors (Lipinski definition) is 3. The molecule has 3 N–H and O–H groups in total. The van der Waals surface area contributed by atoms with Gasteiger partial charge in [-0.25, -0.2) is 0 Å². The Balaban J connectivity index is 2.25. The van der Waals surface area contributed by atoms with E-state index in [1.807, 2.05) is 6.07 Å². The van der Waals surface area contributed by atoms with Crippen LogP contribution in [0.15, 0.2) is 22.8 Å². The Labute approximate surface area is 70.8 Å². The van der Waals surface area contributed by atoms with Crippen molar-refractivity contribution in [1.29, 1.82) is 0 Å². The molecule has 1 rings (SSSR count). The van der Waals surface area contributed by atoms with Crippen molar-refractivity contribution in [2.45, 2.75) is 12.6 Å². The molecule has 0 unspecified atom stereocenters. The molecule has 1 aromatic heterocycles. The fourth-order valence-electron chi connectivity index (χ4n) is 0.845. The highest BCUT2D eigenvalue weighted by atomic mass is 16.3. The first-order valence-corrected chi connectivity index (χ1v) is 3.84. The zero-order chi connectivity index (χ0) is 8.81. The summed E-state index contributed by atoms with van der Waals surface area (Å²) in [7, 11) is 0. The number of aliphatic hydroxyl groups is 2. The summed E-state index contributed by atoms with van der Waals surface area (Å²) in [6.07, 6.45) is 1.59. The molecule has 0 radical (unpaired) electrons. The second-order valence-corrected chi connectivity index (χ2v) is 2.52. The quantitative estimate of drug-likeness (QED) is 0.570. The van der Waals surface area contributed by atoms with Crippen molar-refractivity contribution in [1.82, 2.24) is 5.32 Å². The number of furan rings is 1. The lowest BCUT2D eigenvalue weighted by Crippen LogP contribution is -2.35. The second-order valence-electron chi connectivity index (χ2n) is 2.52. The Morgan fingerprint density at radius 2 is 2.17 bits per heavy atom. The van der Waals surface area contributed by atoms with Gasteiger partial charge in [0, 0.05) is 0 Å². The predicted octanol–water partition coefficient (Wildman–Crippen LogP) is -0.278. The molecule has 0 spiro atoms. The van der Waals surface area contributed by atoms with Crippen molar-refractivity contribution < 1.29 is 14.6 Å². The van der Waals surface area contributed by atoms with E-state index in [1.165, 1.54) is 0 Å². The summed E-state index contributed by atoms with van der Waals surface area (Å²) in [5, 5.41) is 20.3. The van der Waals surface area contributed by atoms with E-state index in [2.05, 4.69) is 5.32 Å². The predicted molar refractivity (Wildman–Crippen MR) is 43.5 cm³/mol. The first kappa shape index (κ1) is 9.25. The smallest absolute Gasteiger partial charge is 0.117 e. The van der Waals surface area contributed by atoms with E-state index in [0.29, 0.717) is 6.54 Å². The molecule has 0 saturated carbocycles. The van der Waals surface area contributed by atoms with Crippen molar-refractivity contribution in [3.05, 3.63) is 24.2 Å². The maximum atomic E-state index is 8.70. The molecule has 0 aliphatic carbocycles. The van der Waals surface area contributed by atoms with Crippen LogP contribution in [0.1, 0.15) is 5.76 Å². The minimum absolute atomic E-state index is 0.0722. The third-order valence-corrected chi connectivity index (χ3v) is 1.59. The molecule has 0 fully saturated rings. The SMILES string of the molecule is OCC(CO)NCc1ccco1. The fraction of sp³-hybridized carbons (Fsp3) is 0.500. The molecular weight excluding hydrogens is 158 g/mol. The molecular formula is C8H13NO3. The first-order valence-electron chi connectivity index (χ1n) is 3.84. The van der Waals surface area contributed by atoms with Gasteiger partial charge >= 0.3 is 0 Å². The van der Waals surface area contributed by atoms with Gasteiger partial charge in [0.2, 0.25) is 0 Å². The van der Waals surface area contributed by atoms with Gasteiger partial charge in [-0.05, 0) is 12.1 Å². The van der Waals surface area contributed by atoms with Crippen molar-refractivity contribution in [3.8, 4) is 0 Å². The maximum absolute atomic E-state index is 8.70. The van der Waals surface area contributed by atoms with Crippen molar-refractivity contribution >= 4 is 0 Å². The normalized spacial score (nSPS) is 10.9. The van der Waals surface area contributed by atoms with Crippen LogP contribution in [0.5, 0.6) is 0 Å². The van der Waals surface area contributed by atoms with Crippen LogP contribution in [-0.4, -0.2) is 29.5 Å². The van der Waals surface area contributed by atoms with Crippen molar-refractivity contribution in [2.24, 2.45) is 0 Å². The summed E-state index contributed by atoms with van der Waals surface area (Å²) in [5.74, 6) is 0.793. The largest absolute Gasteiger partial charge is 0.468 e. The minimum atomic E-state index is -0.268. The number of hydrogen-bond acceptors (Lipinski definition) is 4. The van der Waals surface area contributed by atoms with Crippen molar-refractivity contribution in [2.75, 3.05) is 13.2 Å². The van der Waals surface area contributed by atoms with Crippen LogP contribution in [0.2, 0.25) is 0 Å². The summed E-state index contributed by atoms with van der Waals surface area (Å²) in [6.45, 7) is 0.382. The molecule has 0 aromatic carbocycles. The second kappa shape index (κ2) is 4.92. The highest BCUT2D eigenvalue weighted by Gasteiger charge is 2.04. The molecule has 1 heterocycles. The summed E-state index contributed by atoms with van der Waals surface area (Å²) < 4.78 is 5.05. The van der Waals surface area contributed by atoms with Crippen LogP contribution in [0, 0.1) is 0 Å². The maximum Gasteiger partial charge on any atom is 0.117 e. The van der Waals surface area contributed by atoms with E-state index in [1.54, 1.807) is 12.3 Å². The summed E-state index contributed by atoms with van der Waals surface area (Å²) in [5.41, 5.74) is 0. The van der Waals surface area contributed by atoms with Gasteiger partial charge in [0.25, 0.3) is 0 Å². The number of rotatable bonds is 5. The highest BCUT2D eigenvalue weighted by Crippen LogP contribution is 1.98. The highest BCUT2D eigenvalue weighted by molar-refractivity contribution is 4.97. The van der Waals surface area contributed by atoms with E-state index in [0.717, 1.165) is 5.76 Å². The molecule has 12 heavy (non-hydrogen) atoms. The Kier molecular flexibility index (Phi) is 3.79. The lowest BCUT2D eigenvalue weighted by atomic mass is 10.3. The third kappa shape index (κ3) is 2.65. The molecule has 0 aliphatic heterocycles. The van der Waals surface area contributed by atoms with Gasteiger partial charge < -0.3 is 19.9 Å². The molecule has 1 aromatic rings. The van der Waals surface area contributed by atoms with Crippen LogP contribution in [0.3, 0.4) is 0 Å². The van der Waals surface area contributed by atoms with Crippen LogP contribution in [0.4, 0.5) is 0 Å². The summed E-state index contributed by atoms with van der Waals surface area (Å²) in [4.78, 5) is 0. The van der Waals surface area contributed by atoms with E-state index < -0.39 is 0 Å². The van der Waals surface area contributed by atoms with E-state index in [9.17, 15) is 0 Å². The fourth-order valence-corrected chi connectivity index (χ4v) is 0.845. The van der Waals surface area contributed by atoms with E-state index in [-0.39, 0.29) is 19.3 Å². The molecule has 0 bridgehead atoms. The average molecular weight is 171 g/mol. The summed E-state index contributed by atoms with van der Waals surface area (Å²) in [6, 6.07) is 3.36. The Bertz CT molecular complexity index is 194. The molecule has 0 atom stereocenters. The number of aliphatic hydroxyl groups excluding tert-OH is 2. The average Bonchev–Trinajstić information content (AvgIpc) is 2.59. The van der Waals surface area contributed by atoms with Gasteiger partial charge in [-0.3, -0.25) is 0 Å². The van der Waals surface area contributed by atoms with Gasteiger partial charge in [-0.15, -0.1) is 0 Å². The van der Waals surface area contributed by atoms with Crippen molar-refractivity contribution in [3.63, 3.8) is 0 Å². The molecule has 68 valence electrons. The molecule has 0 amide bonds. The van der Waals surface area contributed by atoms with E-state index in [4.69, 9.17) is 14.6 Å². The van der Waals surface area contributed by atoms with Gasteiger partial charge in [-0.1, -0.05) is 0 Å². The lowest BCUT2D eigenvalue weighted by Gasteiger charge is -2.11. The zero-order valence-electron chi connectivity index (χ0n) is 6.73. The molecule has 4 heteroatoms. The molecule has 0 saturated heterocycles. The summed E-state index contributed by atoms with van der Waals surface area (Å²) >= 11 is 0. The Morgan fingerprint density at radius 1 is 1.42 bits per heavy atom. The number of nitrogens with one attached hydrogen (secondary N) is 1. The standard InChI is InChI=1S/C8H13NO3/c10-5-7(6-11)9-4-8-2-1-3-12-8/h1-3,7,9-11H,4-6H2. The van der Waals surface area contributed by atoms with Crippen LogP contribution >= 0.6 is 0 Å². The molecule has 4 nitrogen and oxygen atoms in total. The third-order valence-electron chi connectivity index (χ3n) is 1.59. The van der Waals surface area contributed by atoms with Crippen LogP contribution < -0.4 is 5.32 Å². The Morgan fingerprint density at radius 3 is 2.67 bits per heavy atom. The van der Waals surface area contributed by atoms with Crippen LogP contribution in [0.25, 0.3) is 0 Å². The van der Waals surface area contributed by atoms with Gasteiger partial charge in [0.1, 0.15) is 5.76 Å². The zero-order valence-corrected chi connectivity index (χ0v) is 6.73. The lowest BCUT2D eigenvalue weighted by molar-refractivity contribution is 0.168. The monoisotopic (exact) mass is 171 g/mol. The Hall–Kier alpha value is -0.840.